The van der Waals surface area contributed by atoms with E-state index in [-0.39, 0.29) is 6.04 Å². The van der Waals surface area contributed by atoms with Gasteiger partial charge in [-0.1, -0.05) is 24.6 Å². The summed E-state index contributed by atoms with van der Waals surface area (Å²) in [6, 6.07) is 8.69. The molecule has 0 unspecified atom stereocenters. The Kier molecular flexibility index (Phi) is 3.39. The second-order valence-electron chi connectivity index (χ2n) is 6.06. The second kappa shape index (κ2) is 4.91. The molecule has 104 valence electrons. The van der Waals surface area contributed by atoms with Crippen molar-refractivity contribution in [1.29, 1.82) is 0 Å². The normalized spacial score (nSPS) is 31.5. The van der Waals surface area contributed by atoms with Crippen LogP contribution in [0.15, 0.2) is 35.2 Å². The van der Waals surface area contributed by atoms with Crippen molar-refractivity contribution in [3.8, 4) is 0 Å². The lowest BCUT2D eigenvalue weighted by molar-refractivity contribution is 0.280. The van der Waals surface area contributed by atoms with E-state index in [9.17, 15) is 8.42 Å². The number of nitrogens with one attached hydrogen (secondary N) is 1. The van der Waals surface area contributed by atoms with Gasteiger partial charge in [-0.15, -0.1) is 0 Å². The molecule has 2 bridgehead atoms. The van der Waals surface area contributed by atoms with Crippen molar-refractivity contribution in [3.05, 3.63) is 30.3 Å². The smallest absolute Gasteiger partial charge is 0.208 e. The fourth-order valence-electron chi connectivity index (χ4n) is 3.91. The summed E-state index contributed by atoms with van der Waals surface area (Å²) in [5.74, 6) is 2.11. The topological polar surface area (TPSA) is 46.2 Å². The van der Waals surface area contributed by atoms with E-state index in [4.69, 9.17) is 0 Å². The molecule has 0 spiro atoms. The lowest BCUT2D eigenvalue weighted by Gasteiger charge is -2.28. The summed E-state index contributed by atoms with van der Waals surface area (Å²) in [5, 5.41) is 0. The van der Waals surface area contributed by atoms with E-state index < -0.39 is 10.0 Å². The van der Waals surface area contributed by atoms with Crippen LogP contribution in [-0.2, 0) is 10.0 Å². The highest BCUT2D eigenvalue weighted by atomic mass is 32.2. The fraction of sp³-hybridized carbons (Fsp3) is 0.600. The van der Waals surface area contributed by atoms with Gasteiger partial charge in [-0.25, -0.2) is 13.1 Å². The first kappa shape index (κ1) is 13.1. The Morgan fingerprint density at radius 3 is 2.47 bits per heavy atom. The number of benzene rings is 1. The standard InChI is InChI=1S/C15H21NO2S/c1-11(15-10-12-7-8-13(15)9-12)16-19(17,18)14-5-3-2-4-6-14/h2-6,11-13,15-16H,7-10H2,1H3/t11-,12-,13-,15+/m1/s1. The summed E-state index contributed by atoms with van der Waals surface area (Å²) in [4.78, 5) is 0.366. The van der Waals surface area contributed by atoms with E-state index >= 15 is 0 Å². The number of rotatable bonds is 4. The zero-order chi connectivity index (χ0) is 13.5. The summed E-state index contributed by atoms with van der Waals surface area (Å²) < 4.78 is 27.5. The van der Waals surface area contributed by atoms with Gasteiger partial charge in [0, 0.05) is 6.04 Å². The van der Waals surface area contributed by atoms with Crippen molar-refractivity contribution in [3.63, 3.8) is 0 Å². The van der Waals surface area contributed by atoms with Gasteiger partial charge in [-0.05, 0) is 56.1 Å². The minimum atomic E-state index is -3.36. The molecule has 2 aliphatic carbocycles. The van der Waals surface area contributed by atoms with E-state index in [1.165, 1.54) is 25.7 Å². The Balaban J connectivity index is 1.71. The van der Waals surface area contributed by atoms with Gasteiger partial charge in [0.2, 0.25) is 10.0 Å². The van der Waals surface area contributed by atoms with E-state index in [0.29, 0.717) is 10.8 Å². The Bertz CT molecular complexity index is 541. The highest BCUT2D eigenvalue weighted by Crippen LogP contribution is 2.49. The molecule has 2 saturated carbocycles. The zero-order valence-corrected chi connectivity index (χ0v) is 12.1. The first-order valence-electron chi connectivity index (χ1n) is 7.13. The van der Waals surface area contributed by atoms with Crippen molar-refractivity contribution in [2.24, 2.45) is 17.8 Å². The Hall–Kier alpha value is -0.870. The van der Waals surface area contributed by atoms with E-state index in [2.05, 4.69) is 4.72 Å². The minimum absolute atomic E-state index is 0.0421. The van der Waals surface area contributed by atoms with Gasteiger partial charge in [0.25, 0.3) is 0 Å². The average molecular weight is 279 g/mol. The minimum Gasteiger partial charge on any atom is -0.208 e. The maximum absolute atomic E-state index is 12.3. The Morgan fingerprint density at radius 1 is 1.16 bits per heavy atom. The van der Waals surface area contributed by atoms with Crippen molar-refractivity contribution < 1.29 is 8.42 Å². The molecule has 4 atom stereocenters. The summed E-state index contributed by atoms with van der Waals surface area (Å²) in [6.07, 6.45) is 5.14. The van der Waals surface area contributed by atoms with Crippen molar-refractivity contribution >= 4 is 10.0 Å². The molecule has 1 aromatic carbocycles. The van der Waals surface area contributed by atoms with Crippen LogP contribution in [-0.4, -0.2) is 14.5 Å². The summed E-state index contributed by atoms with van der Waals surface area (Å²) in [7, 11) is -3.36. The Labute approximate surface area is 115 Å². The van der Waals surface area contributed by atoms with Crippen molar-refractivity contribution in [1.82, 2.24) is 4.72 Å². The number of sulfonamides is 1. The molecular formula is C15H21NO2S. The largest absolute Gasteiger partial charge is 0.240 e. The highest BCUT2D eigenvalue weighted by molar-refractivity contribution is 7.89. The third-order valence-corrected chi connectivity index (χ3v) is 6.40. The van der Waals surface area contributed by atoms with Crippen LogP contribution in [0.3, 0.4) is 0 Å². The molecule has 2 aliphatic rings. The summed E-state index contributed by atoms with van der Waals surface area (Å²) in [5.41, 5.74) is 0. The lowest BCUT2D eigenvalue weighted by Crippen LogP contribution is -2.40. The van der Waals surface area contributed by atoms with Crippen molar-refractivity contribution in [2.45, 2.75) is 43.5 Å². The molecule has 0 heterocycles. The van der Waals surface area contributed by atoms with Gasteiger partial charge >= 0.3 is 0 Å². The molecule has 1 N–H and O–H groups in total. The summed E-state index contributed by atoms with van der Waals surface area (Å²) in [6.45, 7) is 2.02. The predicted molar refractivity (Wildman–Crippen MR) is 75.2 cm³/mol. The zero-order valence-electron chi connectivity index (χ0n) is 11.2. The molecule has 0 radical (unpaired) electrons. The van der Waals surface area contributed by atoms with Crippen LogP contribution in [0.2, 0.25) is 0 Å². The third-order valence-electron chi connectivity index (χ3n) is 4.83. The van der Waals surface area contributed by atoms with Gasteiger partial charge in [0.1, 0.15) is 0 Å². The fourth-order valence-corrected chi connectivity index (χ4v) is 5.22. The van der Waals surface area contributed by atoms with Crippen molar-refractivity contribution in [2.75, 3.05) is 0 Å². The molecule has 0 amide bonds. The van der Waals surface area contributed by atoms with Crippen LogP contribution in [0.25, 0.3) is 0 Å². The molecule has 2 fully saturated rings. The molecule has 0 aliphatic heterocycles. The Morgan fingerprint density at radius 2 is 1.89 bits per heavy atom. The van der Waals surface area contributed by atoms with Gasteiger partial charge in [0.05, 0.1) is 4.90 Å². The molecule has 19 heavy (non-hydrogen) atoms. The summed E-state index contributed by atoms with van der Waals surface area (Å²) >= 11 is 0. The van der Waals surface area contributed by atoms with Crippen LogP contribution < -0.4 is 4.72 Å². The molecule has 1 aromatic rings. The lowest BCUT2D eigenvalue weighted by atomic mass is 9.84. The number of fused-ring (bicyclic) bond motifs is 2. The number of hydrogen-bond donors (Lipinski definition) is 1. The van der Waals surface area contributed by atoms with Crippen LogP contribution in [0.5, 0.6) is 0 Å². The highest BCUT2D eigenvalue weighted by Gasteiger charge is 2.42. The predicted octanol–water partition coefficient (Wildman–Crippen LogP) is 2.79. The van der Waals surface area contributed by atoms with Gasteiger partial charge in [-0.2, -0.15) is 0 Å². The number of hydrogen-bond acceptors (Lipinski definition) is 2. The first-order valence-corrected chi connectivity index (χ1v) is 8.62. The molecule has 0 saturated heterocycles. The molecule has 3 rings (SSSR count). The quantitative estimate of drug-likeness (QED) is 0.921. The monoisotopic (exact) mass is 279 g/mol. The molecule has 4 heteroatoms. The van der Waals surface area contributed by atoms with E-state index in [1.807, 2.05) is 13.0 Å². The molecule has 3 nitrogen and oxygen atoms in total. The maximum atomic E-state index is 12.3. The van der Waals surface area contributed by atoms with Crippen LogP contribution in [0.1, 0.15) is 32.6 Å². The van der Waals surface area contributed by atoms with E-state index in [0.717, 1.165) is 11.8 Å². The molecule has 0 aromatic heterocycles. The van der Waals surface area contributed by atoms with Gasteiger partial charge in [0.15, 0.2) is 0 Å². The van der Waals surface area contributed by atoms with Gasteiger partial charge in [-0.3, -0.25) is 0 Å². The first-order chi connectivity index (χ1) is 9.06. The second-order valence-corrected chi connectivity index (χ2v) is 7.78. The SMILES string of the molecule is C[C@@H](NS(=O)(=O)c1ccccc1)[C@@H]1C[C@@H]2CC[C@@H]1C2. The molecular weight excluding hydrogens is 258 g/mol. The van der Waals surface area contributed by atoms with Crippen LogP contribution in [0.4, 0.5) is 0 Å². The van der Waals surface area contributed by atoms with Gasteiger partial charge < -0.3 is 0 Å². The van der Waals surface area contributed by atoms with Crippen LogP contribution >= 0.6 is 0 Å². The average Bonchev–Trinajstić information content (AvgIpc) is 3.01. The maximum Gasteiger partial charge on any atom is 0.240 e. The third kappa shape index (κ3) is 2.56. The van der Waals surface area contributed by atoms with Crippen LogP contribution in [0, 0.1) is 17.8 Å². The van der Waals surface area contributed by atoms with E-state index in [1.54, 1.807) is 24.3 Å².